The van der Waals surface area contributed by atoms with Crippen molar-refractivity contribution in [1.82, 2.24) is 14.5 Å². The number of esters is 1. The number of carbonyl (C=O) groups is 1. The van der Waals surface area contributed by atoms with Crippen LogP contribution >= 0.6 is 0 Å². The van der Waals surface area contributed by atoms with Crippen LogP contribution in [0.15, 0.2) is 48.5 Å². The van der Waals surface area contributed by atoms with Gasteiger partial charge in [0.2, 0.25) is 0 Å². The number of hydrogen-bond acceptors (Lipinski definition) is 6. The van der Waals surface area contributed by atoms with E-state index in [0.29, 0.717) is 16.7 Å². The quantitative estimate of drug-likeness (QED) is 0.523. The lowest BCUT2D eigenvalue weighted by Crippen LogP contribution is -2.20. The normalized spacial score (nSPS) is 12.4. The Balaban J connectivity index is 1.96. The molecule has 4 aromatic rings. The molecule has 2 aromatic heterocycles. The van der Waals surface area contributed by atoms with Gasteiger partial charge in [-0.05, 0) is 38.1 Å². The van der Waals surface area contributed by atoms with Crippen molar-refractivity contribution in [3.05, 3.63) is 59.7 Å². The topological polar surface area (TPSA) is 92.3 Å². The summed E-state index contributed by atoms with van der Waals surface area (Å²) in [6.07, 6.45) is -0.418. The van der Waals surface area contributed by atoms with Crippen molar-refractivity contribution in [2.24, 2.45) is 0 Å². The van der Waals surface area contributed by atoms with E-state index in [4.69, 9.17) is 20.2 Å². The number of nitrogens with zero attached hydrogens (tertiary/aromatic N) is 3. The highest BCUT2D eigenvalue weighted by atomic mass is 16.6. The molecule has 2 N–H and O–H groups in total. The van der Waals surface area contributed by atoms with E-state index in [1.807, 2.05) is 55.5 Å². The zero-order chi connectivity index (χ0) is 20.5. The molecule has 7 heteroatoms. The van der Waals surface area contributed by atoms with Crippen LogP contribution in [0, 0.1) is 6.92 Å². The second kappa shape index (κ2) is 7.52. The summed E-state index contributed by atoms with van der Waals surface area (Å²) in [5.41, 5.74) is 10.9. The Kier molecular flexibility index (Phi) is 4.90. The van der Waals surface area contributed by atoms with Gasteiger partial charge in [-0.2, -0.15) is 0 Å². The Bertz CT molecular complexity index is 1200. The first-order valence-corrected chi connectivity index (χ1v) is 9.33. The van der Waals surface area contributed by atoms with E-state index >= 15 is 0 Å². The van der Waals surface area contributed by atoms with Crippen molar-refractivity contribution in [3.8, 4) is 5.69 Å². The van der Waals surface area contributed by atoms with Crippen LogP contribution in [-0.4, -0.2) is 40.3 Å². The molecule has 0 aliphatic heterocycles. The lowest BCUT2D eigenvalue weighted by Gasteiger charge is -2.12. The summed E-state index contributed by atoms with van der Waals surface area (Å²) in [6, 6.07) is 15.3. The molecule has 0 saturated carbocycles. The number of nitrogen functional groups attached to an aromatic ring is 1. The van der Waals surface area contributed by atoms with Crippen molar-refractivity contribution >= 4 is 34.0 Å². The third-order valence-electron chi connectivity index (χ3n) is 4.70. The fourth-order valence-electron chi connectivity index (χ4n) is 3.33. The maximum absolute atomic E-state index is 13.0. The minimum Gasteiger partial charge on any atom is -0.456 e. The van der Waals surface area contributed by atoms with Gasteiger partial charge >= 0.3 is 5.97 Å². The summed E-state index contributed by atoms with van der Waals surface area (Å²) in [5, 5.41) is 0. The number of nitrogens with two attached hydrogens (primary N) is 1. The van der Waals surface area contributed by atoms with Gasteiger partial charge in [0.1, 0.15) is 23.0 Å². The molecule has 2 aromatic carbocycles. The van der Waals surface area contributed by atoms with Gasteiger partial charge in [0.15, 0.2) is 5.65 Å². The molecule has 0 saturated heterocycles. The lowest BCUT2D eigenvalue weighted by atomic mass is 10.2. The number of benzene rings is 2. The Hall–Kier alpha value is -3.45. The Morgan fingerprint density at radius 2 is 1.76 bits per heavy atom. The maximum Gasteiger partial charge on any atom is 0.344 e. The fraction of sp³-hybridized carbons (Fsp3) is 0.227. The van der Waals surface area contributed by atoms with Gasteiger partial charge in [0.25, 0.3) is 0 Å². The Morgan fingerprint density at radius 3 is 2.41 bits per heavy atom. The van der Waals surface area contributed by atoms with E-state index in [2.05, 4.69) is 4.98 Å². The van der Waals surface area contributed by atoms with Crippen LogP contribution in [0.5, 0.6) is 0 Å². The first kappa shape index (κ1) is 18.9. The zero-order valence-electron chi connectivity index (χ0n) is 16.5. The Morgan fingerprint density at radius 1 is 1.10 bits per heavy atom. The lowest BCUT2D eigenvalue weighted by molar-refractivity contribution is 0.0123. The molecule has 0 aliphatic rings. The van der Waals surface area contributed by atoms with E-state index in [1.54, 1.807) is 18.6 Å². The molecular weight excluding hydrogens is 368 g/mol. The predicted molar refractivity (Wildman–Crippen MR) is 112 cm³/mol. The molecule has 148 valence electrons. The second-order valence-electron chi connectivity index (χ2n) is 6.99. The van der Waals surface area contributed by atoms with Crippen molar-refractivity contribution in [2.45, 2.75) is 20.0 Å². The van der Waals surface area contributed by atoms with Crippen molar-refractivity contribution in [1.29, 1.82) is 0 Å². The molecule has 0 radical (unpaired) electrons. The number of para-hydroxylation sites is 2. The zero-order valence-corrected chi connectivity index (χ0v) is 16.5. The highest BCUT2D eigenvalue weighted by Crippen LogP contribution is 2.31. The van der Waals surface area contributed by atoms with Crippen molar-refractivity contribution in [3.63, 3.8) is 0 Å². The van der Waals surface area contributed by atoms with Crippen molar-refractivity contribution < 1.29 is 14.3 Å². The van der Waals surface area contributed by atoms with Gasteiger partial charge in [-0.25, -0.2) is 14.8 Å². The molecular formula is C22H22N4O3. The molecule has 0 amide bonds. The number of ether oxygens (including phenoxy) is 2. The molecule has 0 bridgehead atoms. The average molecular weight is 390 g/mol. The average Bonchev–Trinajstić information content (AvgIpc) is 2.98. The Labute approximate surface area is 168 Å². The summed E-state index contributed by atoms with van der Waals surface area (Å²) in [6.45, 7) is 4.06. The minimum absolute atomic E-state index is 0.210. The van der Waals surface area contributed by atoms with Crippen LogP contribution < -0.4 is 5.73 Å². The van der Waals surface area contributed by atoms with E-state index in [-0.39, 0.29) is 18.0 Å². The van der Waals surface area contributed by atoms with Crippen LogP contribution in [0.3, 0.4) is 0 Å². The third-order valence-corrected chi connectivity index (χ3v) is 4.70. The van der Waals surface area contributed by atoms with Crippen LogP contribution in [-0.2, 0) is 9.47 Å². The maximum atomic E-state index is 13.0. The van der Waals surface area contributed by atoms with Crippen LogP contribution in [0.2, 0.25) is 0 Å². The van der Waals surface area contributed by atoms with Crippen LogP contribution in [0.1, 0.15) is 22.8 Å². The molecule has 4 rings (SSSR count). The number of aryl methyl sites for hydroxylation is 1. The molecule has 1 unspecified atom stereocenters. The molecule has 0 spiro atoms. The fourth-order valence-corrected chi connectivity index (χ4v) is 3.33. The first-order chi connectivity index (χ1) is 14.0. The number of fused-ring (bicyclic) bond motifs is 2. The number of aromatic nitrogens is 3. The highest BCUT2D eigenvalue weighted by molar-refractivity contribution is 6.09. The number of methoxy groups -OCH3 is 1. The second-order valence-corrected chi connectivity index (χ2v) is 6.99. The van der Waals surface area contributed by atoms with Crippen molar-refractivity contribution in [2.75, 3.05) is 19.5 Å². The summed E-state index contributed by atoms with van der Waals surface area (Å²) in [4.78, 5) is 22.4. The summed E-state index contributed by atoms with van der Waals surface area (Å²) >= 11 is 0. The van der Waals surface area contributed by atoms with Gasteiger partial charge in [0.05, 0.1) is 17.6 Å². The predicted octanol–water partition coefficient (Wildman–Crippen LogP) is 3.66. The van der Waals surface area contributed by atoms with E-state index in [1.165, 1.54) is 0 Å². The molecule has 29 heavy (non-hydrogen) atoms. The monoisotopic (exact) mass is 390 g/mol. The smallest absolute Gasteiger partial charge is 0.344 e. The molecule has 7 nitrogen and oxygen atoms in total. The summed E-state index contributed by atoms with van der Waals surface area (Å²) < 4.78 is 12.3. The number of rotatable bonds is 5. The van der Waals surface area contributed by atoms with Crippen LogP contribution in [0.25, 0.3) is 27.9 Å². The van der Waals surface area contributed by atoms with Gasteiger partial charge in [-0.15, -0.1) is 0 Å². The molecule has 1 atom stereocenters. The number of carbonyl (C=O) groups excluding carboxylic acids is 1. The molecule has 0 aliphatic carbocycles. The van der Waals surface area contributed by atoms with E-state index in [9.17, 15) is 4.79 Å². The molecule has 2 heterocycles. The number of anilines is 1. The SMILES string of the molecule is COCC(C)OC(=O)c1c(N)n(-c2ccc(C)cc2)c2nc3ccccc3nc12. The minimum atomic E-state index is -0.549. The largest absolute Gasteiger partial charge is 0.456 e. The number of hydrogen-bond donors (Lipinski definition) is 1. The van der Waals surface area contributed by atoms with E-state index in [0.717, 1.165) is 16.8 Å². The van der Waals surface area contributed by atoms with E-state index < -0.39 is 12.1 Å². The summed E-state index contributed by atoms with van der Waals surface area (Å²) in [7, 11) is 1.56. The van der Waals surface area contributed by atoms with Gasteiger partial charge in [-0.3, -0.25) is 4.57 Å². The summed E-state index contributed by atoms with van der Waals surface area (Å²) in [5.74, 6) is -0.304. The highest BCUT2D eigenvalue weighted by Gasteiger charge is 2.27. The molecule has 0 fully saturated rings. The standard InChI is InChI=1S/C22H22N4O3/c1-13-8-10-15(11-9-13)26-20(23)18(22(27)29-14(2)12-28-3)19-21(26)25-17-7-5-4-6-16(17)24-19/h4-11,14H,12,23H2,1-3H3. The first-order valence-electron chi connectivity index (χ1n) is 9.33. The van der Waals surface area contributed by atoms with Gasteiger partial charge in [0, 0.05) is 12.8 Å². The third kappa shape index (κ3) is 3.40. The van der Waals surface area contributed by atoms with Crippen LogP contribution in [0.4, 0.5) is 5.82 Å². The van der Waals surface area contributed by atoms with Gasteiger partial charge in [-0.1, -0.05) is 29.8 Å². The van der Waals surface area contributed by atoms with Gasteiger partial charge < -0.3 is 15.2 Å².